The lowest BCUT2D eigenvalue weighted by molar-refractivity contribution is 0.102. The van der Waals surface area contributed by atoms with Gasteiger partial charge in [-0.05, 0) is 43.7 Å². The molecule has 0 radical (unpaired) electrons. The van der Waals surface area contributed by atoms with Crippen LogP contribution in [0.5, 0.6) is 0 Å². The molecule has 0 unspecified atom stereocenters. The molecular formula is C19H17BrFN3O2. The Morgan fingerprint density at radius 1 is 1.31 bits per heavy atom. The van der Waals surface area contributed by atoms with E-state index in [4.69, 9.17) is 0 Å². The van der Waals surface area contributed by atoms with Crippen molar-refractivity contribution in [3.05, 3.63) is 68.3 Å². The first-order valence-electron chi connectivity index (χ1n) is 8.18. The molecule has 0 spiro atoms. The van der Waals surface area contributed by atoms with Gasteiger partial charge < -0.3 is 9.88 Å². The van der Waals surface area contributed by atoms with Crippen molar-refractivity contribution in [2.24, 2.45) is 0 Å². The first-order valence-corrected chi connectivity index (χ1v) is 8.97. The third kappa shape index (κ3) is 3.53. The monoisotopic (exact) mass is 417 g/mol. The molecule has 1 N–H and O–H groups in total. The summed E-state index contributed by atoms with van der Waals surface area (Å²) in [5.74, 6) is -1.23. The number of pyridine rings is 2. The van der Waals surface area contributed by atoms with Crippen molar-refractivity contribution in [3.63, 3.8) is 0 Å². The van der Waals surface area contributed by atoms with Crippen LogP contribution in [0, 0.1) is 12.7 Å². The van der Waals surface area contributed by atoms with E-state index in [1.807, 2.05) is 13.8 Å². The van der Waals surface area contributed by atoms with E-state index in [9.17, 15) is 14.0 Å². The van der Waals surface area contributed by atoms with Gasteiger partial charge in [0.1, 0.15) is 17.0 Å². The molecule has 0 aliphatic rings. The highest BCUT2D eigenvalue weighted by Gasteiger charge is 2.17. The van der Waals surface area contributed by atoms with Gasteiger partial charge in [0.05, 0.1) is 11.1 Å². The zero-order chi connectivity index (χ0) is 18.8. The smallest absolute Gasteiger partial charge is 0.261 e. The van der Waals surface area contributed by atoms with E-state index in [0.717, 1.165) is 12.1 Å². The van der Waals surface area contributed by atoms with Gasteiger partial charge in [-0.15, -0.1) is 0 Å². The van der Waals surface area contributed by atoms with E-state index in [0.29, 0.717) is 22.1 Å². The standard InChI is InChI=1S/C19H17BrFN3O2/c1-3-8-24-10-14(17(25)13-6-4-11(2)22-18(13)24)19(26)23-16-7-5-12(20)9-15(16)21/h4-7,9-10H,3,8H2,1-2H3,(H,23,26). The summed E-state index contributed by atoms with van der Waals surface area (Å²) in [6.45, 7) is 4.45. The molecule has 26 heavy (non-hydrogen) atoms. The van der Waals surface area contributed by atoms with E-state index in [-0.39, 0.29) is 11.3 Å². The molecule has 3 aromatic rings. The van der Waals surface area contributed by atoms with E-state index in [1.165, 1.54) is 18.3 Å². The minimum Gasteiger partial charge on any atom is -0.331 e. The summed E-state index contributed by atoms with van der Waals surface area (Å²) in [6.07, 6.45) is 2.31. The second kappa shape index (κ2) is 7.37. The molecule has 3 rings (SSSR count). The van der Waals surface area contributed by atoms with E-state index < -0.39 is 17.2 Å². The molecule has 0 fully saturated rings. The highest BCUT2D eigenvalue weighted by molar-refractivity contribution is 9.10. The Kier molecular flexibility index (Phi) is 5.18. The van der Waals surface area contributed by atoms with Gasteiger partial charge in [0.2, 0.25) is 5.43 Å². The molecule has 1 amide bonds. The van der Waals surface area contributed by atoms with Crippen molar-refractivity contribution in [2.45, 2.75) is 26.8 Å². The minimum absolute atomic E-state index is 0.0155. The van der Waals surface area contributed by atoms with E-state index in [1.54, 1.807) is 22.8 Å². The zero-order valence-corrected chi connectivity index (χ0v) is 15.9. The van der Waals surface area contributed by atoms with Gasteiger partial charge in [-0.25, -0.2) is 9.37 Å². The van der Waals surface area contributed by atoms with Crippen LogP contribution in [-0.4, -0.2) is 15.5 Å². The quantitative estimate of drug-likeness (QED) is 0.689. The number of halogens is 2. The normalized spacial score (nSPS) is 10.9. The maximum Gasteiger partial charge on any atom is 0.261 e. The SMILES string of the molecule is CCCn1cc(C(=O)Nc2ccc(Br)cc2F)c(=O)c2ccc(C)nc21. The summed E-state index contributed by atoms with van der Waals surface area (Å²) in [6, 6.07) is 7.70. The molecule has 0 atom stereocenters. The molecule has 2 aromatic heterocycles. The number of nitrogens with zero attached hydrogens (tertiary/aromatic N) is 2. The van der Waals surface area contributed by atoms with Crippen molar-refractivity contribution in [1.29, 1.82) is 0 Å². The topological polar surface area (TPSA) is 64.0 Å². The van der Waals surface area contributed by atoms with Gasteiger partial charge in [0.25, 0.3) is 5.91 Å². The number of nitrogens with one attached hydrogen (secondary N) is 1. The van der Waals surface area contributed by atoms with Crippen molar-refractivity contribution >= 4 is 38.6 Å². The summed E-state index contributed by atoms with van der Waals surface area (Å²) in [5, 5.41) is 2.84. The Morgan fingerprint density at radius 3 is 2.77 bits per heavy atom. The van der Waals surface area contributed by atoms with E-state index >= 15 is 0 Å². The molecule has 7 heteroatoms. The number of hydrogen-bond donors (Lipinski definition) is 1. The van der Waals surface area contributed by atoms with Gasteiger partial charge in [-0.2, -0.15) is 0 Å². The lowest BCUT2D eigenvalue weighted by Gasteiger charge is -2.13. The molecule has 2 heterocycles. The Hall–Kier alpha value is -2.54. The number of fused-ring (bicyclic) bond motifs is 1. The van der Waals surface area contributed by atoms with Crippen molar-refractivity contribution < 1.29 is 9.18 Å². The van der Waals surface area contributed by atoms with Crippen molar-refractivity contribution in [2.75, 3.05) is 5.32 Å². The summed E-state index contributed by atoms with van der Waals surface area (Å²) < 4.78 is 16.3. The molecule has 0 saturated carbocycles. The largest absolute Gasteiger partial charge is 0.331 e. The van der Waals surface area contributed by atoms with Crippen LogP contribution in [0.2, 0.25) is 0 Å². The Labute approximate surface area is 158 Å². The molecule has 0 bridgehead atoms. The van der Waals surface area contributed by atoms with Gasteiger partial charge in [0, 0.05) is 22.9 Å². The fourth-order valence-corrected chi connectivity index (χ4v) is 3.05. The maximum absolute atomic E-state index is 14.0. The second-order valence-electron chi connectivity index (χ2n) is 5.97. The van der Waals surface area contributed by atoms with Crippen LogP contribution in [0.1, 0.15) is 29.4 Å². The molecule has 134 valence electrons. The van der Waals surface area contributed by atoms with Gasteiger partial charge >= 0.3 is 0 Å². The van der Waals surface area contributed by atoms with Crippen LogP contribution in [0.15, 0.2) is 45.8 Å². The average molecular weight is 418 g/mol. The number of hydrogen-bond acceptors (Lipinski definition) is 3. The number of amides is 1. The second-order valence-corrected chi connectivity index (χ2v) is 6.88. The minimum atomic E-state index is -0.649. The number of benzene rings is 1. The Balaban J connectivity index is 2.09. The highest BCUT2D eigenvalue weighted by atomic mass is 79.9. The number of anilines is 1. The van der Waals surface area contributed by atoms with Gasteiger partial charge in [-0.3, -0.25) is 9.59 Å². The number of carbonyl (C=O) groups excluding carboxylic acids is 1. The summed E-state index contributed by atoms with van der Waals surface area (Å²) in [7, 11) is 0. The average Bonchev–Trinajstić information content (AvgIpc) is 2.59. The lowest BCUT2D eigenvalue weighted by Crippen LogP contribution is -2.24. The number of rotatable bonds is 4. The number of aryl methyl sites for hydroxylation is 2. The van der Waals surface area contributed by atoms with Crippen LogP contribution >= 0.6 is 15.9 Å². The van der Waals surface area contributed by atoms with Crippen molar-refractivity contribution in [1.82, 2.24) is 9.55 Å². The predicted octanol–water partition coefficient (Wildman–Crippen LogP) is 4.27. The van der Waals surface area contributed by atoms with Gasteiger partial charge in [0.15, 0.2) is 0 Å². The zero-order valence-electron chi connectivity index (χ0n) is 14.3. The number of carbonyl (C=O) groups is 1. The third-order valence-electron chi connectivity index (χ3n) is 3.95. The molecule has 5 nitrogen and oxygen atoms in total. The highest BCUT2D eigenvalue weighted by Crippen LogP contribution is 2.20. The molecule has 1 aromatic carbocycles. The Bertz CT molecular complexity index is 1060. The summed E-state index contributed by atoms with van der Waals surface area (Å²) in [5.41, 5.74) is 0.884. The van der Waals surface area contributed by atoms with Gasteiger partial charge in [-0.1, -0.05) is 22.9 Å². The molecule has 0 saturated heterocycles. The number of aromatic nitrogens is 2. The first kappa shape index (κ1) is 18.3. The molecule has 0 aliphatic heterocycles. The maximum atomic E-state index is 14.0. The molecular weight excluding hydrogens is 401 g/mol. The summed E-state index contributed by atoms with van der Waals surface area (Å²) in [4.78, 5) is 29.8. The Morgan fingerprint density at radius 2 is 2.08 bits per heavy atom. The van der Waals surface area contributed by atoms with Crippen LogP contribution < -0.4 is 10.7 Å². The lowest BCUT2D eigenvalue weighted by atomic mass is 10.1. The van der Waals surface area contributed by atoms with E-state index in [2.05, 4.69) is 26.2 Å². The third-order valence-corrected chi connectivity index (χ3v) is 4.44. The van der Waals surface area contributed by atoms with Crippen LogP contribution in [0.4, 0.5) is 10.1 Å². The van der Waals surface area contributed by atoms with Crippen LogP contribution in [-0.2, 0) is 6.54 Å². The van der Waals surface area contributed by atoms with Crippen molar-refractivity contribution in [3.8, 4) is 0 Å². The fourth-order valence-electron chi connectivity index (χ4n) is 2.71. The summed E-state index contributed by atoms with van der Waals surface area (Å²) >= 11 is 3.17. The van der Waals surface area contributed by atoms with Crippen LogP contribution in [0.3, 0.4) is 0 Å². The predicted molar refractivity (Wildman–Crippen MR) is 103 cm³/mol. The fraction of sp³-hybridized carbons (Fsp3) is 0.211. The molecule has 0 aliphatic carbocycles. The van der Waals surface area contributed by atoms with Crippen LogP contribution in [0.25, 0.3) is 11.0 Å². The first-order chi connectivity index (χ1) is 12.4.